The summed E-state index contributed by atoms with van der Waals surface area (Å²) in [5.41, 5.74) is 4.10. The third-order valence-corrected chi connectivity index (χ3v) is 3.12. The first-order valence-electron chi connectivity index (χ1n) is 4.61. The van der Waals surface area contributed by atoms with Crippen molar-refractivity contribution < 1.29 is 0 Å². The first-order valence-corrected chi connectivity index (χ1v) is 5.69. The van der Waals surface area contributed by atoms with Gasteiger partial charge in [0.2, 0.25) is 0 Å². The number of allylic oxidation sites excluding steroid dienone is 1. The maximum Gasteiger partial charge on any atom is 0.0473 e. The quantitative estimate of drug-likeness (QED) is 0.380. The van der Waals surface area contributed by atoms with Gasteiger partial charge < -0.3 is 0 Å². The Bertz CT molecular complexity index is 299. The first kappa shape index (κ1) is 11.7. The van der Waals surface area contributed by atoms with E-state index in [4.69, 9.17) is 5.84 Å². The highest BCUT2D eigenvalue weighted by molar-refractivity contribution is 14.1. The molecule has 0 spiro atoms. The fourth-order valence-electron chi connectivity index (χ4n) is 1.37. The fraction of sp³-hybridized carbons (Fsp3) is 0.273. The van der Waals surface area contributed by atoms with E-state index in [1.54, 1.807) is 0 Å². The minimum absolute atomic E-state index is 0.223. The van der Waals surface area contributed by atoms with Gasteiger partial charge in [-0.3, -0.25) is 11.3 Å². The molecule has 3 heteroatoms. The van der Waals surface area contributed by atoms with Crippen LogP contribution in [-0.2, 0) is 0 Å². The number of hydrogen-bond acceptors (Lipinski definition) is 2. The predicted octanol–water partition coefficient (Wildman–Crippen LogP) is 2.76. The van der Waals surface area contributed by atoms with Crippen molar-refractivity contribution in [3.8, 4) is 0 Å². The predicted molar refractivity (Wildman–Crippen MR) is 68.7 cm³/mol. The van der Waals surface area contributed by atoms with Gasteiger partial charge in [0.25, 0.3) is 0 Å². The van der Waals surface area contributed by atoms with Crippen molar-refractivity contribution in [2.75, 3.05) is 0 Å². The molecule has 0 aromatic heterocycles. The molecular formula is C11H15IN2. The van der Waals surface area contributed by atoms with Crippen molar-refractivity contribution in [2.45, 2.75) is 18.9 Å². The smallest absolute Gasteiger partial charge is 0.0473 e. The van der Waals surface area contributed by atoms with Gasteiger partial charge in [0.05, 0.1) is 0 Å². The van der Waals surface area contributed by atoms with Crippen LogP contribution in [0.5, 0.6) is 0 Å². The molecule has 2 nitrogen and oxygen atoms in total. The monoisotopic (exact) mass is 302 g/mol. The van der Waals surface area contributed by atoms with Gasteiger partial charge in [-0.1, -0.05) is 24.3 Å². The largest absolute Gasteiger partial charge is 0.271 e. The van der Waals surface area contributed by atoms with E-state index in [2.05, 4.69) is 46.7 Å². The van der Waals surface area contributed by atoms with Crippen LogP contribution >= 0.6 is 22.6 Å². The topological polar surface area (TPSA) is 38.0 Å². The number of nitrogens with two attached hydrogens (primary N) is 1. The minimum atomic E-state index is 0.223. The third-order valence-electron chi connectivity index (χ3n) is 2.14. The number of halogens is 1. The zero-order valence-electron chi connectivity index (χ0n) is 8.04. The number of hydrogen-bond donors (Lipinski definition) is 2. The maximum atomic E-state index is 5.53. The summed E-state index contributed by atoms with van der Waals surface area (Å²) in [6.07, 6.45) is 3.88. The molecule has 0 bridgehead atoms. The highest BCUT2D eigenvalue weighted by Crippen LogP contribution is 2.22. The fourth-order valence-corrected chi connectivity index (χ4v) is 2.13. The van der Waals surface area contributed by atoms with Gasteiger partial charge in [0.15, 0.2) is 0 Å². The lowest BCUT2D eigenvalue weighted by atomic mass is 10.0. The summed E-state index contributed by atoms with van der Waals surface area (Å²) in [7, 11) is 0. The summed E-state index contributed by atoms with van der Waals surface area (Å²) in [5, 5.41) is 0. The number of hydrazine groups is 1. The highest BCUT2D eigenvalue weighted by Gasteiger charge is 2.10. The average molecular weight is 302 g/mol. The Morgan fingerprint density at radius 3 is 2.79 bits per heavy atom. The van der Waals surface area contributed by atoms with Gasteiger partial charge in [-0.2, -0.15) is 0 Å². The van der Waals surface area contributed by atoms with E-state index in [0.717, 1.165) is 12.8 Å². The lowest BCUT2D eigenvalue weighted by molar-refractivity contribution is 0.519. The Hall–Kier alpha value is -0.390. The summed E-state index contributed by atoms with van der Waals surface area (Å²) >= 11 is 2.33. The molecule has 1 rings (SSSR count). The molecule has 76 valence electrons. The summed E-state index contributed by atoms with van der Waals surface area (Å²) in [6.45, 7) is 3.71. The van der Waals surface area contributed by atoms with E-state index in [1.807, 2.05) is 18.2 Å². The Morgan fingerprint density at radius 1 is 1.50 bits per heavy atom. The molecule has 0 saturated heterocycles. The van der Waals surface area contributed by atoms with Crippen molar-refractivity contribution in [2.24, 2.45) is 5.84 Å². The van der Waals surface area contributed by atoms with E-state index < -0.39 is 0 Å². The van der Waals surface area contributed by atoms with Crippen LogP contribution in [0.15, 0.2) is 36.9 Å². The van der Waals surface area contributed by atoms with E-state index in [-0.39, 0.29) is 6.04 Å². The van der Waals surface area contributed by atoms with Crippen LogP contribution in [0.2, 0.25) is 0 Å². The van der Waals surface area contributed by atoms with Crippen molar-refractivity contribution >= 4 is 22.6 Å². The van der Waals surface area contributed by atoms with Crippen molar-refractivity contribution in [3.05, 3.63) is 46.1 Å². The zero-order valence-corrected chi connectivity index (χ0v) is 10.2. The van der Waals surface area contributed by atoms with Crippen molar-refractivity contribution in [3.63, 3.8) is 0 Å². The molecule has 14 heavy (non-hydrogen) atoms. The van der Waals surface area contributed by atoms with Crippen molar-refractivity contribution in [1.82, 2.24) is 5.43 Å². The molecule has 1 atom stereocenters. The maximum absolute atomic E-state index is 5.53. The van der Waals surface area contributed by atoms with Crippen LogP contribution in [0.4, 0.5) is 0 Å². The van der Waals surface area contributed by atoms with Crippen LogP contribution < -0.4 is 11.3 Å². The molecule has 1 aromatic carbocycles. The van der Waals surface area contributed by atoms with E-state index in [1.165, 1.54) is 9.13 Å². The van der Waals surface area contributed by atoms with Gasteiger partial charge in [0.1, 0.15) is 0 Å². The third kappa shape index (κ3) is 3.08. The SMILES string of the molecule is C=CCCC(NN)c1ccccc1I. The van der Waals surface area contributed by atoms with Gasteiger partial charge >= 0.3 is 0 Å². The van der Waals surface area contributed by atoms with Gasteiger partial charge in [0, 0.05) is 9.61 Å². The normalized spacial score (nSPS) is 12.4. The summed E-state index contributed by atoms with van der Waals surface area (Å²) in [5.74, 6) is 5.53. The lowest BCUT2D eigenvalue weighted by Crippen LogP contribution is -2.28. The Balaban J connectivity index is 2.78. The van der Waals surface area contributed by atoms with Gasteiger partial charge in [-0.15, -0.1) is 6.58 Å². The number of rotatable bonds is 5. The second-order valence-electron chi connectivity index (χ2n) is 3.11. The van der Waals surface area contributed by atoms with E-state index >= 15 is 0 Å². The van der Waals surface area contributed by atoms with Crippen molar-refractivity contribution in [1.29, 1.82) is 0 Å². The summed E-state index contributed by atoms with van der Waals surface area (Å²) in [6, 6.07) is 8.49. The molecular weight excluding hydrogens is 287 g/mol. The minimum Gasteiger partial charge on any atom is -0.271 e. The Labute approximate surface area is 98.7 Å². The van der Waals surface area contributed by atoms with E-state index in [9.17, 15) is 0 Å². The zero-order chi connectivity index (χ0) is 10.4. The summed E-state index contributed by atoms with van der Waals surface area (Å²) < 4.78 is 1.25. The van der Waals surface area contributed by atoms with Crippen LogP contribution in [0.25, 0.3) is 0 Å². The van der Waals surface area contributed by atoms with Gasteiger partial charge in [-0.25, -0.2) is 0 Å². The molecule has 0 aliphatic rings. The standard InChI is InChI=1S/C11H15IN2/c1-2-3-8-11(14-13)9-6-4-5-7-10(9)12/h2,4-7,11,14H,1,3,8,13H2. The number of nitrogens with one attached hydrogen (secondary N) is 1. The molecule has 1 unspecified atom stereocenters. The molecule has 0 aliphatic carbocycles. The van der Waals surface area contributed by atoms with Crippen LogP contribution in [0.1, 0.15) is 24.4 Å². The molecule has 0 saturated carbocycles. The molecule has 0 aliphatic heterocycles. The van der Waals surface area contributed by atoms with Crippen LogP contribution in [-0.4, -0.2) is 0 Å². The molecule has 1 aromatic rings. The molecule has 0 fully saturated rings. The second kappa shape index (κ2) is 6.16. The molecule has 3 N–H and O–H groups in total. The van der Waals surface area contributed by atoms with Gasteiger partial charge in [-0.05, 0) is 47.1 Å². The molecule has 0 amide bonds. The highest BCUT2D eigenvalue weighted by atomic mass is 127. The molecule has 0 heterocycles. The van der Waals surface area contributed by atoms with Crippen LogP contribution in [0.3, 0.4) is 0 Å². The number of benzene rings is 1. The Kier molecular flexibility index (Phi) is 5.14. The first-order chi connectivity index (χ1) is 6.79. The summed E-state index contributed by atoms with van der Waals surface area (Å²) in [4.78, 5) is 0. The molecule has 0 radical (unpaired) electrons. The van der Waals surface area contributed by atoms with Crippen LogP contribution in [0, 0.1) is 3.57 Å². The lowest BCUT2D eigenvalue weighted by Gasteiger charge is -2.16. The Morgan fingerprint density at radius 2 is 2.21 bits per heavy atom. The second-order valence-corrected chi connectivity index (χ2v) is 4.27. The van der Waals surface area contributed by atoms with E-state index in [0.29, 0.717) is 0 Å². The average Bonchev–Trinajstić information content (AvgIpc) is 2.21.